The summed E-state index contributed by atoms with van der Waals surface area (Å²) in [6.07, 6.45) is 0. The van der Waals surface area contributed by atoms with Crippen LogP contribution in [-0.2, 0) is 20.9 Å². The molecule has 3 atom stereocenters. The number of tetrazole rings is 1. The lowest BCUT2D eigenvalue weighted by molar-refractivity contribution is -0.169. The van der Waals surface area contributed by atoms with E-state index in [9.17, 15) is 14.4 Å². The van der Waals surface area contributed by atoms with Crippen LogP contribution in [0.1, 0.15) is 20.8 Å². The summed E-state index contributed by atoms with van der Waals surface area (Å²) in [4.78, 5) is 37.8. The molecule has 30 heavy (non-hydrogen) atoms. The Hall–Kier alpha value is -2.06. The van der Waals surface area contributed by atoms with Gasteiger partial charge in [-0.1, -0.05) is 11.8 Å². The molecule has 3 amide bonds. The van der Waals surface area contributed by atoms with Gasteiger partial charge in [0.1, 0.15) is 22.4 Å². The molecular weight excluding hydrogens is 432 g/mol. The van der Waals surface area contributed by atoms with Crippen LogP contribution in [0.15, 0.2) is 5.16 Å². The second-order valence-corrected chi connectivity index (χ2v) is 10.3. The van der Waals surface area contributed by atoms with E-state index in [1.54, 1.807) is 4.90 Å². The number of thioether (sulfide) groups is 2. The van der Waals surface area contributed by atoms with E-state index in [-0.39, 0.29) is 30.3 Å². The van der Waals surface area contributed by atoms with Crippen molar-refractivity contribution in [1.82, 2.24) is 30.4 Å². The van der Waals surface area contributed by atoms with E-state index >= 15 is 0 Å². The Balaban J connectivity index is 1.73. The SMILES string of the molecule is CC(C)(C)OC(=O)C1(CSc2nnnn2CCNC(N)=O)CS[C@@H]2C(N)C(=O)N2C1. The van der Waals surface area contributed by atoms with E-state index in [0.29, 0.717) is 23.2 Å². The molecule has 2 saturated heterocycles. The molecule has 3 rings (SSSR count). The first-order valence-corrected chi connectivity index (χ1v) is 11.4. The minimum atomic E-state index is -0.919. The molecule has 0 spiro atoms. The number of nitrogens with two attached hydrogens (primary N) is 2. The number of hydrogen-bond donors (Lipinski definition) is 3. The molecule has 166 valence electrons. The minimum Gasteiger partial charge on any atom is -0.459 e. The van der Waals surface area contributed by atoms with Crippen LogP contribution in [0.4, 0.5) is 4.79 Å². The number of fused-ring (bicyclic) bond motifs is 1. The van der Waals surface area contributed by atoms with Gasteiger partial charge >= 0.3 is 12.0 Å². The zero-order valence-electron chi connectivity index (χ0n) is 17.0. The molecule has 1 aromatic heterocycles. The molecule has 2 fully saturated rings. The van der Waals surface area contributed by atoms with Crippen LogP contribution in [0.3, 0.4) is 0 Å². The maximum atomic E-state index is 13.2. The lowest BCUT2D eigenvalue weighted by atomic mass is 9.89. The summed E-state index contributed by atoms with van der Waals surface area (Å²) in [7, 11) is 0. The van der Waals surface area contributed by atoms with Gasteiger partial charge < -0.3 is 26.4 Å². The number of carbonyl (C=O) groups is 3. The van der Waals surface area contributed by atoms with Crippen molar-refractivity contribution in [3.63, 3.8) is 0 Å². The third-order valence-corrected chi connectivity index (χ3v) is 7.47. The number of urea groups is 1. The van der Waals surface area contributed by atoms with Crippen LogP contribution >= 0.6 is 23.5 Å². The first-order valence-electron chi connectivity index (χ1n) is 9.36. The van der Waals surface area contributed by atoms with Crippen LogP contribution < -0.4 is 16.8 Å². The number of esters is 1. The van der Waals surface area contributed by atoms with Crippen molar-refractivity contribution >= 4 is 41.4 Å². The Morgan fingerprint density at radius 2 is 2.17 bits per heavy atom. The highest BCUT2D eigenvalue weighted by Gasteiger charge is 2.56. The number of ether oxygens (including phenoxy) is 1. The van der Waals surface area contributed by atoms with E-state index in [2.05, 4.69) is 20.8 Å². The fourth-order valence-corrected chi connectivity index (χ4v) is 5.81. The normalized spacial score (nSPS) is 26.0. The van der Waals surface area contributed by atoms with Gasteiger partial charge in [-0.3, -0.25) is 9.59 Å². The Kier molecular flexibility index (Phi) is 6.48. The molecule has 12 nitrogen and oxygen atoms in total. The fourth-order valence-electron chi connectivity index (χ4n) is 3.11. The maximum Gasteiger partial charge on any atom is 0.316 e. The van der Waals surface area contributed by atoms with E-state index in [1.807, 2.05) is 20.8 Å². The number of rotatable bonds is 7. The molecule has 0 saturated carbocycles. The number of aromatic nitrogens is 4. The zero-order chi connectivity index (χ0) is 22.1. The van der Waals surface area contributed by atoms with E-state index in [1.165, 1.54) is 28.2 Å². The summed E-state index contributed by atoms with van der Waals surface area (Å²) in [6.45, 7) is 6.26. The Morgan fingerprint density at radius 1 is 1.43 bits per heavy atom. The third-order valence-electron chi connectivity index (χ3n) is 4.62. The summed E-state index contributed by atoms with van der Waals surface area (Å²) in [5, 5.41) is 14.4. The summed E-state index contributed by atoms with van der Waals surface area (Å²) in [6, 6.07) is -1.16. The van der Waals surface area contributed by atoms with Gasteiger partial charge in [0.05, 0.1) is 6.54 Å². The van der Waals surface area contributed by atoms with Crippen LogP contribution in [0.5, 0.6) is 0 Å². The number of carbonyl (C=O) groups excluding carboxylic acids is 3. The molecule has 14 heteroatoms. The monoisotopic (exact) mass is 458 g/mol. The fraction of sp³-hybridized carbons (Fsp3) is 0.750. The van der Waals surface area contributed by atoms with Gasteiger partial charge in [0, 0.05) is 24.6 Å². The molecule has 2 aliphatic rings. The Bertz CT molecular complexity index is 828. The molecule has 0 bridgehead atoms. The average molecular weight is 459 g/mol. The lowest BCUT2D eigenvalue weighted by Gasteiger charge is -2.53. The smallest absolute Gasteiger partial charge is 0.316 e. The quantitative estimate of drug-likeness (QED) is 0.261. The van der Waals surface area contributed by atoms with Gasteiger partial charge in [0.2, 0.25) is 11.1 Å². The van der Waals surface area contributed by atoms with Gasteiger partial charge in [-0.2, -0.15) is 0 Å². The molecule has 0 aromatic carbocycles. The number of primary amides is 1. The third kappa shape index (κ3) is 4.81. The molecule has 5 N–H and O–H groups in total. The van der Waals surface area contributed by atoms with Crippen LogP contribution in [0.2, 0.25) is 0 Å². The second kappa shape index (κ2) is 8.59. The highest BCUT2D eigenvalue weighted by molar-refractivity contribution is 8.00. The summed E-state index contributed by atoms with van der Waals surface area (Å²) in [5.41, 5.74) is 9.37. The van der Waals surface area contributed by atoms with Crippen molar-refractivity contribution in [2.45, 2.75) is 49.5 Å². The number of nitrogens with one attached hydrogen (secondary N) is 1. The first-order chi connectivity index (χ1) is 14.0. The van der Waals surface area contributed by atoms with Crippen molar-refractivity contribution in [3.8, 4) is 0 Å². The van der Waals surface area contributed by atoms with Gasteiger partial charge in [-0.25, -0.2) is 9.48 Å². The average Bonchev–Trinajstić information content (AvgIpc) is 3.11. The molecule has 0 aliphatic carbocycles. The Labute approximate surface area is 182 Å². The number of hydrogen-bond acceptors (Lipinski definition) is 10. The highest BCUT2D eigenvalue weighted by atomic mass is 32.2. The van der Waals surface area contributed by atoms with Crippen LogP contribution in [0, 0.1) is 5.41 Å². The maximum absolute atomic E-state index is 13.2. The largest absolute Gasteiger partial charge is 0.459 e. The second-order valence-electron chi connectivity index (χ2n) is 8.24. The van der Waals surface area contributed by atoms with E-state index < -0.39 is 23.1 Å². The van der Waals surface area contributed by atoms with E-state index in [0.717, 1.165) is 0 Å². The molecule has 0 radical (unpaired) electrons. The molecular formula is C16H26N8O4S2. The number of nitrogens with zero attached hydrogens (tertiary/aromatic N) is 5. The van der Waals surface area contributed by atoms with Crippen LogP contribution in [0.25, 0.3) is 0 Å². The predicted molar refractivity (Wildman–Crippen MR) is 110 cm³/mol. The van der Waals surface area contributed by atoms with Crippen molar-refractivity contribution in [2.75, 3.05) is 24.6 Å². The minimum absolute atomic E-state index is 0.108. The molecule has 3 heterocycles. The van der Waals surface area contributed by atoms with Crippen LogP contribution in [-0.4, -0.2) is 84.6 Å². The molecule has 2 aliphatic heterocycles. The molecule has 1 aromatic rings. The van der Waals surface area contributed by atoms with Gasteiger partial charge in [0.15, 0.2) is 0 Å². The Morgan fingerprint density at radius 3 is 2.83 bits per heavy atom. The standard InChI is InChI=1S/C16H26N8O4S2/c1-15(2,3)28-12(26)16(6-23-10(25)9(17)11(23)29-7-16)8-30-14-20-21-22-24(14)5-4-19-13(18)27/h9,11H,4-8,17H2,1-3H3,(H3,18,19,27)/t9?,11-,16?/m1/s1. The van der Waals surface area contributed by atoms with Crippen molar-refractivity contribution in [1.29, 1.82) is 0 Å². The zero-order valence-corrected chi connectivity index (χ0v) is 18.7. The van der Waals surface area contributed by atoms with Gasteiger partial charge in [-0.15, -0.1) is 16.9 Å². The topological polar surface area (TPSA) is 171 Å². The summed E-state index contributed by atoms with van der Waals surface area (Å²) < 4.78 is 7.21. The van der Waals surface area contributed by atoms with E-state index in [4.69, 9.17) is 16.2 Å². The lowest BCUT2D eigenvalue weighted by Crippen LogP contribution is -2.72. The predicted octanol–water partition coefficient (Wildman–Crippen LogP) is -0.996. The van der Waals surface area contributed by atoms with Crippen molar-refractivity contribution in [2.24, 2.45) is 16.9 Å². The number of amides is 3. The molecule has 2 unspecified atom stereocenters. The van der Waals surface area contributed by atoms with Crippen molar-refractivity contribution in [3.05, 3.63) is 0 Å². The highest BCUT2D eigenvalue weighted by Crippen LogP contribution is 2.44. The van der Waals surface area contributed by atoms with Gasteiger partial charge in [0.25, 0.3) is 0 Å². The number of β-lactam (4-membered cyclic amide) rings is 1. The summed E-state index contributed by atoms with van der Waals surface area (Å²) in [5.74, 6) is 0.273. The summed E-state index contributed by atoms with van der Waals surface area (Å²) >= 11 is 2.79. The van der Waals surface area contributed by atoms with Gasteiger partial charge in [-0.05, 0) is 31.2 Å². The van der Waals surface area contributed by atoms with Crippen molar-refractivity contribution < 1.29 is 19.1 Å². The first kappa shape index (κ1) is 22.6.